The van der Waals surface area contributed by atoms with Crippen LogP contribution in [0.3, 0.4) is 0 Å². The van der Waals surface area contributed by atoms with Gasteiger partial charge in [0.2, 0.25) is 5.89 Å². The van der Waals surface area contributed by atoms with Gasteiger partial charge in [0.15, 0.2) is 5.60 Å². The highest BCUT2D eigenvalue weighted by atomic mass is 16.5. The fraction of sp³-hybridized carbons (Fsp3) is 0.188. The lowest BCUT2D eigenvalue weighted by atomic mass is 9.97. The van der Waals surface area contributed by atoms with E-state index in [1.54, 1.807) is 24.3 Å². The number of hydrogen-bond acceptors (Lipinski definition) is 5. The third-order valence-corrected chi connectivity index (χ3v) is 6.42. The Morgan fingerprint density at radius 1 is 0.895 bits per heavy atom. The third kappa shape index (κ3) is 5.39. The molecular formula is C32H29NO5. The molecule has 5 aromatic rings. The largest absolute Gasteiger partial charge is 0.493 e. The monoisotopic (exact) mass is 507 g/mol. The predicted molar refractivity (Wildman–Crippen MR) is 148 cm³/mol. The first kappa shape index (κ1) is 25.1. The highest BCUT2D eigenvalue weighted by molar-refractivity contribution is 5.97. The fourth-order valence-corrected chi connectivity index (χ4v) is 4.29. The highest BCUT2D eigenvalue weighted by Crippen LogP contribution is 2.32. The number of carboxylic acids is 1. The van der Waals surface area contributed by atoms with Gasteiger partial charge in [-0.2, -0.15) is 0 Å². The van der Waals surface area contributed by atoms with Crippen LogP contribution in [0.15, 0.2) is 95.4 Å². The zero-order chi connectivity index (χ0) is 26.7. The van der Waals surface area contributed by atoms with Crippen molar-refractivity contribution in [2.75, 3.05) is 6.61 Å². The Bertz CT molecular complexity index is 1580. The second kappa shape index (κ2) is 10.4. The molecule has 0 aliphatic heterocycles. The molecule has 1 heterocycles. The lowest BCUT2D eigenvalue weighted by molar-refractivity contribution is -0.152. The minimum absolute atomic E-state index is 0.420. The topological polar surface area (TPSA) is 81.8 Å². The summed E-state index contributed by atoms with van der Waals surface area (Å²) in [5, 5.41) is 11.6. The number of benzene rings is 4. The zero-order valence-electron chi connectivity index (χ0n) is 21.6. The van der Waals surface area contributed by atoms with Gasteiger partial charge < -0.3 is 19.0 Å². The maximum absolute atomic E-state index is 11.3. The molecule has 0 amide bonds. The molecule has 1 N–H and O–H groups in total. The van der Waals surface area contributed by atoms with Gasteiger partial charge in [0.25, 0.3) is 0 Å². The molecule has 0 bridgehead atoms. The molecule has 0 atom stereocenters. The Balaban J connectivity index is 1.26. The van der Waals surface area contributed by atoms with E-state index >= 15 is 0 Å². The quantitative estimate of drug-likeness (QED) is 0.225. The summed E-state index contributed by atoms with van der Waals surface area (Å²) in [6.45, 7) is 5.35. The molecule has 1 aromatic heterocycles. The number of aromatic nitrogens is 1. The SMILES string of the molecule is Cc1oc(-c2cccc(-c3cccc4ccccc34)c2)nc1CCOc1ccc(OC(C)(C)C(=O)O)cc1. The maximum Gasteiger partial charge on any atom is 0.347 e. The van der Waals surface area contributed by atoms with Crippen molar-refractivity contribution in [3.05, 3.63) is 102 Å². The van der Waals surface area contributed by atoms with Crippen molar-refractivity contribution in [2.24, 2.45) is 0 Å². The second-order valence-corrected chi connectivity index (χ2v) is 9.62. The molecule has 5 rings (SSSR count). The van der Waals surface area contributed by atoms with E-state index in [1.807, 2.05) is 19.1 Å². The van der Waals surface area contributed by atoms with Crippen molar-refractivity contribution in [3.63, 3.8) is 0 Å². The summed E-state index contributed by atoms with van der Waals surface area (Å²) in [5.74, 6) is 1.45. The van der Waals surface area contributed by atoms with Crippen LogP contribution < -0.4 is 9.47 Å². The number of aryl methyl sites for hydroxylation is 1. The van der Waals surface area contributed by atoms with E-state index in [2.05, 4.69) is 54.6 Å². The van der Waals surface area contributed by atoms with E-state index in [1.165, 1.54) is 30.2 Å². The van der Waals surface area contributed by atoms with Crippen molar-refractivity contribution in [1.82, 2.24) is 4.98 Å². The normalized spacial score (nSPS) is 11.4. The van der Waals surface area contributed by atoms with Crippen molar-refractivity contribution in [3.8, 4) is 34.1 Å². The van der Waals surface area contributed by atoms with Gasteiger partial charge in [-0.15, -0.1) is 0 Å². The van der Waals surface area contributed by atoms with Gasteiger partial charge in [0.05, 0.1) is 12.3 Å². The van der Waals surface area contributed by atoms with Crippen molar-refractivity contribution >= 4 is 16.7 Å². The number of oxazole rings is 1. The maximum atomic E-state index is 11.3. The standard InChI is InChI=1S/C32H29NO5/c1-21-29(18-19-36-25-14-16-26(17-15-25)38-32(2,3)31(34)35)33-30(37-21)24-11-6-10-23(20-24)28-13-7-9-22-8-4-5-12-27(22)28/h4-17,20H,18-19H2,1-3H3,(H,34,35). The van der Waals surface area contributed by atoms with Gasteiger partial charge in [-0.05, 0) is 79.1 Å². The summed E-state index contributed by atoms with van der Waals surface area (Å²) >= 11 is 0. The Hall–Kier alpha value is -4.58. The van der Waals surface area contributed by atoms with Crippen LogP contribution in [0.25, 0.3) is 33.4 Å². The van der Waals surface area contributed by atoms with Crippen LogP contribution in [0.2, 0.25) is 0 Å². The molecular weight excluding hydrogens is 478 g/mol. The van der Waals surface area contributed by atoms with Crippen LogP contribution in [-0.2, 0) is 11.2 Å². The number of aliphatic carboxylic acids is 1. The first-order chi connectivity index (χ1) is 18.3. The van der Waals surface area contributed by atoms with Gasteiger partial charge in [-0.3, -0.25) is 0 Å². The predicted octanol–water partition coefficient (Wildman–Crippen LogP) is 7.33. The number of carboxylic acid groups (broad SMARTS) is 1. The minimum atomic E-state index is -1.31. The smallest absolute Gasteiger partial charge is 0.347 e. The second-order valence-electron chi connectivity index (χ2n) is 9.62. The van der Waals surface area contributed by atoms with Gasteiger partial charge >= 0.3 is 5.97 Å². The van der Waals surface area contributed by atoms with Crippen molar-refractivity contribution < 1.29 is 23.8 Å². The van der Waals surface area contributed by atoms with Gasteiger partial charge in [-0.25, -0.2) is 9.78 Å². The average Bonchev–Trinajstić information content (AvgIpc) is 3.29. The zero-order valence-corrected chi connectivity index (χ0v) is 21.6. The van der Waals surface area contributed by atoms with Crippen LogP contribution in [0, 0.1) is 6.92 Å². The third-order valence-electron chi connectivity index (χ3n) is 6.42. The average molecular weight is 508 g/mol. The van der Waals surface area contributed by atoms with Crippen LogP contribution in [-0.4, -0.2) is 28.3 Å². The lowest BCUT2D eigenvalue weighted by Crippen LogP contribution is -2.37. The first-order valence-electron chi connectivity index (χ1n) is 12.5. The molecule has 0 aliphatic rings. The van der Waals surface area contributed by atoms with Crippen molar-refractivity contribution in [2.45, 2.75) is 32.8 Å². The summed E-state index contributed by atoms with van der Waals surface area (Å²) in [4.78, 5) is 16.0. The Labute approximate surface area is 221 Å². The summed E-state index contributed by atoms with van der Waals surface area (Å²) in [7, 11) is 0. The van der Waals surface area contributed by atoms with E-state index in [0.29, 0.717) is 30.4 Å². The number of hydrogen-bond donors (Lipinski definition) is 1. The molecule has 0 fully saturated rings. The van der Waals surface area contributed by atoms with Gasteiger partial charge in [0.1, 0.15) is 17.3 Å². The van der Waals surface area contributed by atoms with E-state index in [4.69, 9.17) is 18.9 Å². The Morgan fingerprint density at radius 3 is 2.37 bits per heavy atom. The molecule has 0 saturated heterocycles. The van der Waals surface area contributed by atoms with Gasteiger partial charge in [-0.1, -0.05) is 54.6 Å². The van der Waals surface area contributed by atoms with E-state index in [0.717, 1.165) is 22.6 Å². The van der Waals surface area contributed by atoms with E-state index in [-0.39, 0.29) is 0 Å². The number of ether oxygens (including phenoxy) is 2. The van der Waals surface area contributed by atoms with Crippen LogP contribution in [0.1, 0.15) is 25.3 Å². The fourth-order valence-electron chi connectivity index (χ4n) is 4.29. The lowest BCUT2D eigenvalue weighted by Gasteiger charge is -2.21. The Morgan fingerprint density at radius 2 is 1.58 bits per heavy atom. The molecule has 0 saturated carbocycles. The molecule has 38 heavy (non-hydrogen) atoms. The molecule has 4 aromatic carbocycles. The van der Waals surface area contributed by atoms with E-state index < -0.39 is 11.6 Å². The number of fused-ring (bicyclic) bond motifs is 1. The summed E-state index contributed by atoms with van der Waals surface area (Å²) < 4.78 is 17.4. The Kier molecular flexibility index (Phi) is 6.88. The molecule has 0 radical (unpaired) electrons. The summed E-state index contributed by atoms with van der Waals surface area (Å²) in [5.41, 5.74) is 2.74. The minimum Gasteiger partial charge on any atom is -0.493 e. The van der Waals surface area contributed by atoms with Crippen LogP contribution >= 0.6 is 0 Å². The first-order valence-corrected chi connectivity index (χ1v) is 12.5. The molecule has 192 valence electrons. The van der Waals surface area contributed by atoms with Crippen LogP contribution in [0.5, 0.6) is 11.5 Å². The summed E-state index contributed by atoms with van der Waals surface area (Å²) in [6.07, 6.45) is 0.586. The highest BCUT2D eigenvalue weighted by Gasteiger charge is 2.29. The molecule has 6 heteroatoms. The van der Waals surface area contributed by atoms with E-state index in [9.17, 15) is 9.90 Å². The molecule has 0 aliphatic carbocycles. The number of nitrogens with zero attached hydrogens (tertiary/aromatic N) is 1. The molecule has 0 unspecified atom stereocenters. The van der Waals surface area contributed by atoms with Crippen LogP contribution in [0.4, 0.5) is 0 Å². The number of rotatable bonds is 9. The van der Waals surface area contributed by atoms with Gasteiger partial charge in [0, 0.05) is 12.0 Å². The number of carbonyl (C=O) groups is 1. The van der Waals surface area contributed by atoms with Crippen molar-refractivity contribution in [1.29, 1.82) is 0 Å². The summed E-state index contributed by atoms with van der Waals surface area (Å²) in [6, 6.07) is 29.9. The molecule has 6 nitrogen and oxygen atoms in total. The molecule has 0 spiro atoms.